The van der Waals surface area contributed by atoms with Crippen molar-refractivity contribution in [2.45, 2.75) is 6.92 Å². The summed E-state index contributed by atoms with van der Waals surface area (Å²) in [5.74, 6) is 0.723. The second kappa shape index (κ2) is 11.6. The minimum Gasteiger partial charge on any atom is -0.493 e. The standard InChI is InChI=1S/C23H23ClN2O6S/c1-3-31-18-9-8-15(12-19(18)30-2)13-20-22(28)26(23(29)33-20)11-10-25-21(27)14-32-17-7-5-4-6-16(17)24/h4-9,12-13H,3,10-11,14H2,1-2H3,(H,25,27)/b20-13-. The lowest BCUT2D eigenvalue weighted by Crippen LogP contribution is -2.38. The Labute approximate surface area is 200 Å². The molecular weight excluding hydrogens is 468 g/mol. The summed E-state index contributed by atoms with van der Waals surface area (Å²) in [5, 5.41) is 2.63. The Morgan fingerprint density at radius 1 is 1.12 bits per heavy atom. The van der Waals surface area contributed by atoms with Gasteiger partial charge in [-0.2, -0.15) is 0 Å². The van der Waals surface area contributed by atoms with E-state index in [9.17, 15) is 14.4 Å². The summed E-state index contributed by atoms with van der Waals surface area (Å²) in [5.41, 5.74) is 0.700. The number of carbonyl (C=O) groups is 3. The first kappa shape index (κ1) is 24.5. The molecule has 3 amide bonds. The number of amides is 3. The average molecular weight is 491 g/mol. The van der Waals surface area contributed by atoms with E-state index in [1.54, 1.807) is 48.5 Å². The fourth-order valence-electron chi connectivity index (χ4n) is 2.96. The van der Waals surface area contributed by atoms with Crippen molar-refractivity contribution < 1.29 is 28.6 Å². The maximum atomic E-state index is 12.7. The lowest BCUT2D eigenvalue weighted by atomic mass is 10.2. The number of halogens is 1. The first-order chi connectivity index (χ1) is 15.9. The Bertz CT molecular complexity index is 1070. The van der Waals surface area contributed by atoms with Crippen LogP contribution in [0.4, 0.5) is 4.79 Å². The number of hydrogen-bond acceptors (Lipinski definition) is 7. The summed E-state index contributed by atoms with van der Waals surface area (Å²) in [7, 11) is 1.53. The Morgan fingerprint density at radius 3 is 2.64 bits per heavy atom. The van der Waals surface area contributed by atoms with Gasteiger partial charge in [0.1, 0.15) is 5.75 Å². The fraction of sp³-hybridized carbons (Fsp3) is 0.261. The van der Waals surface area contributed by atoms with Gasteiger partial charge in [0.2, 0.25) is 0 Å². The van der Waals surface area contributed by atoms with Crippen molar-refractivity contribution >= 4 is 46.5 Å². The topological polar surface area (TPSA) is 94.2 Å². The molecule has 0 aromatic heterocycles. The molecule has 1 heterocycles. The molecular formula is C23H23ClN2O6S. The predicted octanol–water partition coefficient (Wildman–Crippen LogP) is 3.98. The zero-order valence-corrected chi connectivity index (χ0v) is 19.7. The molecule has 0 atom stereocenters. The van der Waals surface area contributed by atoms with Gasteiger partial charge in [0, 0.05) is 13.1 Å². The molecule has 3 rings (SSSR count). The van der Waals surface area contributed by atoms with Crippen LogP contribution in [0.5, 0.6) is 17.2 Å². The Balaban J connectivity index is 1.53. The summed E-state index contributed by atoms with van der Waals surface area (Å²) in [4.78, 5) is 38.4. The van der Waals surface area contributed by atoms with E-state index in [2.05, 4.69) is 5.32 Å². The molecule has 33 heavy (non-hydrogen) atoms. The number of rotatable bonds is 10. The van der Waals surface area contributed by atoms with Crippen LogP contribution in [0, 0.1) is 0 Å². The van der Waals surface area contributed by atoms with Crippen molar-refractivity contribution in [3.8, 4) is 17.2 Å². The zero-order chi connectivity index (χ0) is 23.8. The van der Waals surface area contributed by atoms with Crippen LogP contribution in [0.1, 0.15) is 12.5 Å². The van der Waals surface area contributed by atoms with Crippen molar-refractivity contribution in [3.05, 3.63) is 58.0 Å². The molecule has 2 aromatic rings. The van der Waals surface area contributed by atoms with Gasteiger partial charge in [0.05, 0.1) is 23.6 Å². The van der Waals surface area contributed by atoms with Crippen LogP contribution in [0.3, 0.4) is 0 Å². The van der Waals surface area contributed by atoms with Gasteiger partial charge in [-0.3, -0.25) is 19.3 Å². The van der Waals surface area contributed by atoms with Crippen molar-refractivity contribution in [3.63, 3.8) is 0 Å². The lowest BCUT2D eigenvalue weighted by Gasteiger charge is -2.13. The molecule has 1 fully saturated rings. The van der Waals surface area contributed by atoms with Crippen molar-refractivity contribution in [2.24, 2.45) is 0 Å². The van der Waals surface area contributed by atoms with E-state index in [0.29, 0.717) is 39.3 Å². The van der Waals surface area contributed by atoms with E-state index in [0.717, 1.165) is 16.7 Å². The van der Waals surface area contributed by atoms with Crippen LogP contribution >= 0.6 is 23.4 Å². The minimum atomic E-state index is -0.417. The number of thioether (sulfide) groups is 1. The van der Waals surface area contributed by atoms with E-state index in [4.69, 9.17) is 25.8 Å². The SMILES string of the molecule is CCOc1ccc(/C=C2\SC(=O)N(CCNC(=O)COc3ccccc3Cl)C2=O)cc1OC. The average Bonchev–Trinajstić information content (AvgIpc) is 3.07. The number of nitrogens with zero attached hydrogens (tertiary/aromatic N) is 1. The Hall–Kier alpha value is -3.17. The molecule has 0 spiro atoms. The van der Waals surface area contributed by atoms with Gasteiger partial charge < -0.3 is 19.5 Å². The highest BCUT2D eigenvalue weighted by atomic mass is 35.5. The third-order valence-electron chi connectivity index (χ3n) is 4.51. The summed E-state index contributed by atoms with van der Waals surface area (Å²) in [6.07, 6.45) is 1.62. The molecule has 0 saturated carbocycles. The predicted molar refractivity (Wildman–Crippen MR) is 127 cm³/mol. The highest BCUT2D eigenvalue weighted by molar-refractivity contribution is 8.18. The zero-order valence-electron chi connectivity index (χ0n) is 18.1. The van der Waals surface area contributed by atoms with E-state index >= 15 is 0 Å². The first-order valence-electron chi connectivity index (χ1n) is 10.1. The van der Waals surface area contributed by atoms with Gasteiger partial charge in [-0.25, -0.2) is 0 Å². The molecule has 1 N–H and O–H groups in total. The number of benzene rings is 2. The number of imide groups is 1. The number of carbonyl (C=O) groups excluding carboxylic acids is 3. The summed E-state index contributed by atoms with van der Waals surface area (Å²) in [6.45, 7) is 2.29. The number of hydrogen-bond donors (Lipinski definition) is 1. The quantitative estimate of drug-likeness (QED) is 0.503. The molecule has 2 aromatic carbocycles. The molecule has 0 unspecified atom stereocenters. The maximum absolute atomic E-state index is 12.7. The maximum Gasteiger partial charge on any atom is 0.293 e. The third kappa shape index (κ3) is 6.43. The Morgan fingerprint density at radius 2 is 1.91 bits per heavy atom. The van der Waals surface area contributed by atoms with E-state index in [1.165, 1.54) is 7.11 Å². The highest BCUT2D eigenvalue weighted by Crippen LogP contribution is 2.34. The second-order valence-corrected chi connectivity index (χ2v) is 8.15. The smallest absolute Gasteiger partial charge is 0.293 e. The molecule has 1 aliphatic heterocycles. The summed E-state index contributed by atoms with van der Waals surface area (Å²) >= 11 is 6.83. The number of methoxy groups -OCH3 is 1. The molecule has 1 saturated heterocycles. The molecule has 10 heteroatoms. The Kier molecular flexibility index (Phi) is 8.62. The van der Waals surface area contributed by atoms with Crippen molar-refractivity contribution in [2.75, 3.05) is 33.4 Å². The number of para-hydroxylation sites is 1. The van der Waals surface area contributed by atoms with Gasteiger partial charge >= 0.3 is 0 Å². The highest BCUT2D eigenvalue weighted by Gasteiger charge is 2.34. The van der Waals surface area contributed by atoms with Gasteiger partial charge in [-0.1, -0.05) is 29.8 Å². The van der Waals surface area contributed by atoms with Gasteiger partial charge in [0.15, 0.2) is 18.1 Å². The van der Waals surface area contributed by atoms with Crippen LogP contribution in [-0.2, 0) is 9.59 Å². The first-order valence-corrected chi connectivity index (χ1v) is 11.3. The van der Waals surface area contributed by atoms with Gasteiger partial charge in [0.25, 0.3) is 17.1 Å². The lowest BCUT2D eigenvalue weighted by molar-refractivity contribution is -0.125. The second-order valence-electron chi connectivity index (χ2n) is 6.75. The van der Waals surface area contributed by atoms with Crippen molar-refractivity contribution in [1.29, 1.82) is 0 Å². The molecule has 174 valence electrons. The monoisotopic (exact) mass is 490 g/mol. The van der Waals surface area contributed by atoms with Crippen LogP contribution in [-0.4, -0.2) is 55.4 Å². The van der Waals surface area contributed by atoms with Crippen molar-refractivity contribution in [1.82, 2.24) is 10.2 Å². The number of nitrogens with one attached hydrogen (secondary N) is 1. The van der Waals surface area contributed by atoms with Crippen LogP contribution in [0.2, 0.25) is 5.02 Å². The third-order valence-corrected chi connectivity index (χ3v) is 5.73. The molecule has 1 aliphatic rings. The molecule has 8 nitrogen and oxygen atoms in total. The number of ether oxygens (including phenoxy) is 3. The van der Waals surface area contributed by atoms with E-state index < -0.39 is 11.1 Å². The summed E-state index contributed by atoms with van der Waals surface area (Å²) in [6, 6.07) is 12.1. The normalized spacial score (nSPS) is 14.5. The van der Waals surface area contributed by atoms with Gasteiger partial charge in [-0.15, -0.1) is 0 Å². The van der Waals surface area contributed by atoms with E-state index in [1.807, 2.05) is 6.92 Å². The van der Waals surface area contributed by atoms with Crippen LogP contribution in [0.25, 0.3) is 6.08 Å². The summed E-state index contributed by atoms with van der Waals surface area (Å²) < 4.78 is 16.2. The minimum absolute atomic E-state index is 0.0481. The van der Waals surface area contributed by atoms with Crippen LogP contribution < -0.4 is 19.5 Å². The molecule has 0 aliphatic carbocycles. The fourth-order valence-corrected chi connectivity index (χ4v) is 4.01. The molecule has 0 bridgehead atoms. The van der Waals surface area contributed by atoms with Gasteiger partial charge in [-0.05, 0) is 54.6 Å². The van der Waals surface area contributed by atoms with E-state index in [-0.39, 0.29) is 25.6 Å². The molecule has 0 radical (unpaired) electrons. The van der Waals surface area contributed by atoms with Crippen LogP contribution in [0.15, 0.2) is 47.4 Å². The largest absolute Gasteiger partial charge is 0.493 e.